The average molecular weight is 348 g/mol. The molecule has 2 aromatic rings. The van der Waals surface area contributed by atoms with Gasteiger partial charge >= 0.3 is 0 Å². The van der Waals surface area contributed by atoms with Crippen LogP contribution in [-0.4, -0.2) is 53.1 Å². The quantitative estimate of drug-likeness (QED) is 0.895. The Kier molecular flexibility index (Phi) is 5.37. The van der Waals surface area contributed by atoms with Gasteiger partial charge < -0.3 is 10.2 Å². The van der Waals surface area contributed by atoms with Crippen molar-refractivity contribution < 1.29 is 8.78 Å². The molecule has 1 fully saturated rings. The minimum atomic E-state index is -0.586. The van der Waals surface area contributed by atoms with E-state index in [1.807, 2.05) is 25.1 Å². The van der Waals surface area contributed by atoms with Crippen LogP contribution in [0.3, 0.4) is 0 Å². The minimum Gasteiger partial charge on any atom is -0.367 e. The molecule has 1 saturated heterocycles. The number of pyridine rings is 1. The molecule has 0 radical (unpaired) electrons. The predicted octanol–water partition coefficient (Wildman–Crippen LogP) is 2.29. The molecular weight excluding hydrogens is 326 g/mol. The van der Waals surface area contributed by atoms with Crippen molar-refractivity contribution in [2.45, 2.75) is 25.4 Å². The normalized spacial score (nSPS) is 16.0. The zero-order chi connectivity index (χ0) is 17.8. The van der Waals surface area contributed by atoms with Crippen molar-refractivity contribution in [1.29, 1.82) is 0 Å². The zero-order valence-corrected chi connectivity index (χ0v) is 14.4. The van der Waals surface area contributed by atoms with Crippen molar-refractivity contribution in [3.63, 3.8) is 0 Å². The van der Waals surface area contributed by atoms with E-state index in [-0.39, 0.29) is 18.2 Å². The van der Waals surface area contributed by atoms with Gasteiger partial charge in [-0.3, -0.25) is 9.88 Å². The van der Waals surface area contributed by atoms with E-state index in [9.17, 15) is 8.78 Å². The molecule has 3 heterocycles. The van der Waals surface area contributed by atoms with Gasteiger partial charge in [-0.1, -0.05) is 0 Å². The summed E-state index contributed by atoms with van der Waals surface area (Å²) in [6.07, 6.45) is 5.43. The first-order chi connectivity index (χ1) is 12.0. The lowest BCUT2D eigenvalue weighted by molar-refractivity contribution is 0.206. The smallest absolute Gasteiger partial charge is 0.148 e. The van der Waals surface area contributed by atoms with E-state index in [4.69, 9.17) is 0 Å². The Hall–Kier alpha value is -2.35. The first-order valence-electron chi connectivity index (χ1n) is 8.29. The molecule has 8 heteroatoms. The number of rotatable bonds is 5. The Morgan fingerprint density at radius 1 is 1.16 bits per heavy atom. The maximum absolute atomic E-state index is 13.7. The van der Waals surface area contributed by atoms with Gasteiger partial charge in [0.2, 0.25) is 0 Å². The Morgan fingerprint density at radius 2 is 1.84 bits per heavy atom. The van der Waals surface area contributed by atoms with Crippen LogP contribution in [0.25, 0.3) is 0 Å². The number of anilines is 2. The highest BCUT2D eigenvalue weighted by atomic mass is 19.1. The first-order valence-corrected chi connectivity index (χ1v) is 8.29. The third-order valence-electron chi connectivity index (χ3n) is 4.38. The molecule has 25 heavy (non-hydrogen) atoms. The van der Waals surface area contributed by atoms with Crippen molar-refractivity contribution in [3.8, 4) is 0 Å². The van der Waals surface area contributed by atoms with Crippen LogP contribution in [0.1, 0.15) is 18.4 Å². The van der Waals surface area contributed by atoms with Gasteiger partial charge in [-0.05, 0) is 12.8 Å². The van der Waals surface area contributed by atoms with Crippen LogP contribution in [0, 0.1) is 11.6 Å². The Balaban J connectivity index is 1.54. The maximum atomic E-state index is 13.7. The highest BCUT2D eigenvalue weighted by molar-refractivity contribution is 5.47. The summed E-state index contributed by atoms with van der Waals surface area (Å²) in [5, 5.41) is 3.42. The van der Waals surface area contributed by atoms with E-state index in [0.717, 1.165) is 50.0 Å². The van der Waals surface area contributed by atoms with Crippen LogP contribution in [-0.2, 0) is 6.54 Å². The van der Waals surface area contributed by atoms with Gasteiger partial charge in [0.15, 0.2) is 0 Å². The second kappa shape index (κ2) is 7.69. The van der Waals surface area contributed by atoms with E-state index in [0.29, 0.717) is 0 Å². The molecular formula is C17H22F2N6. The molecule has 1 aliphatic rings. The summed E-state index contributed by atoms with van der Waals surface area (Å²) in [6, 6.07) is 2.20. The van der Waals surface area contributed by atoms with Gasteiger partial charge in [-0.2, -0.15) is 0 Å². The fourth-order valence-corrected chi connectivity index (χ4v) is 2.93. The van der Waals surface area contributed by atoms with Crippen molar-refractivity contribution in [2.24, 2.45) is 0 Å². The summed E-state index contributed by atoms with van der Waals surface area (Å²) in [6.45, 7) is 1.81. The molecule has 134 valence electrons. The summed E-state index contributed by atoms with van der Waals surface area (Å²) in [5.74, 6) is 0.469. The summed E-state index contributed by atoms with van der Waals surface area (Å²) in [4.78, 5) is 16.0. The number of halogens is 2. The molecule has 0 atom stereocenters. The number of aromatic nitrogens is 3. The average Bonchev–Trinajstić information content (AvgIpc) is 2.60. The molecule has 1 N–H and O–H groups in total. The van der Waals surface area contributed by atoms with Crippen LogP contribution >= 0.6 is 0 Å². The molecule has 0 amide bonds. The summed E-state index contributed by atoms with van der Waals surface area (Å²) in [5.41, 5.74) is 0.0906. The van der Waals surface area contributed by atoms with Gasteiger partial charge in [0, 0.05) is 51.4 Å². The van der Waals surface area contributed by atoms with Gasteiger partial charge in [-0.15, -0.1) is 0 Å². The first kappa shape index (κ1) is 17.5. The third kappa shape index (κ3) is 4.39. The Labute approximate surface area is 145 Å². The second-order valence-corrected chi connectivity index (χ2v) is 6.43. The number of hydrogen-bond donors (Lipinski definition) is 1. The number of nitrogens with one attached hydrogen (secondary N) is 1. The van der Waals surface area contributed by atoms with Crippen LogP contribution < -0.4 is 10.2 Å². The summed E-state index contributed by atoms with van der Waals surface area (Å²) >= 11 is 0. The number of nitrogens with zero attached hydrogens (tertiary/aromatic N) is 5. The maximum Gasteiger partial charge on any atom is 0.148 e. The van der Waals surface area contributed by atoms with E-state index in [1.54, 1.807) is 6.33 Å². The Morgan fingerprint density at radius 3 is 2.48 bits per heavy atom. The number of hydrogen-bond acceptors (Lipinski definition) is 6. The lowest BCUT2D eigenvalue weighted by atomic mass is 10.0. The van der Waals surface area contributed by atoms with E-state index >= 15 is 0 Å². The van der Waals surface area contributed by atoms with Crippen LogP contribution in [0.4, 0.5) is 20.4 Å². The topological polar surface area (TPSA) is 57.2 Å². The molecule has 0 unspecified atom stereocenters. The third-order valence-corrected chi connectivity index (χ3v) is 4.38. The molecule has 0 bridgehead atoms. The van der Waals surface area contributed by atoms with E-state index in [2.05, 4.69) is 25.2 Å². The fourth-order valence-electron chi connectivity index (χ4n) is 2.93. The molecule has 3 rings (SSSR count). The molecule has 0 aliphatic carbocycles. The summed E-state index contributed by atoms with van der Waals surface area (Å²) < 4.78 is 27.4. The minimum absolute atomic E-state index is 0.0906. The molecule has 0 saturated carbocycles. The van der Waals surface area contributed by atoms with Crippen LogP contribution in [0.2, 0.25) is 0 Å². The second-order valence-electron chi connectivity index (χ2n) is 6.43. The molecule has 1 aliphatic heterocycles. The zero-order valence-electron chi connectivity index (χ0n) is 14.4. The highest BCUT2D eigenvalue weighted by Gasteiger charge is 2.22. The number of piperidine rings is 1. The highest BCUT2D eigenvalue weighted by Crippen LogP contribution is 2.20. The monoisotopic (exact) mass is 348 g/mol. The van der Waals surface area contributed by atoms with Crippen molar-refractivity contribution in [1.82, 2.24) is 19.9 Å². The lowest BCUT2D eigenvalue weighted by Crippen LogP contribution is -2.39. The standard InChI is InChI=1S/C17H22F2N6/c1-24(2)17-7-16(21-11-22-17)23-12-3-5-25(6-4-12)10-13-14(18)8-20-9-15(13)19/h7-9,11-12H,3-6,10H2,1-2H3,(H,21,22,23). The van der Waals surface area contributed by atoms with E-state index < -0.39 is 11.6 Å². The number of likely N-dealkylation sites (tertiary alicyclic amines) is 1. The molecule has 2 aromatic heterocycles. The molecule has 0 aromatic carbocycles. The van der Waals surface area contributed by atoms with Gasteiger partial charge in [0.25, 0.3) is 0 Å². The van der Waals surface area contributed by atoms with Crippen molar-refractivity contribution in [2.75, 3.05) is 37.4 Å². The lowest BCUT2D eigenvalue weighted by Gasteiger charge is -2.32. The fraction of sp³-hybridized carbons (Fsp3) is 0.471. The van der Waals surface area contributed by atoms with Gasteiger partial charge in [-0.25, -0.2) is 18.7 Å². The Bertz CT molecular complexity index is 696. The van der Waals surface area contributed by atoms with Gasteiger partial charge in [0.05, 0.1) is 12.4 Å². The van der Waals surface area contributed by atoms with Gasteiger partial charge in [0.1, 0.15) is 29.6 Å². The van der Waals surface area contributed by atoms with E-state index in [1.165, 1.54) is 0 Å². The largest absolute Gasteiger partial charge is 0.367 e. The summed E-state index contributed by atoms with van der Waals surface area (Å²) in [7, 11) is 3.87. The molecule has 0 spiro atoms. The predicted molar refractivity (Wildman–Crippen MR) is 92.4 cm³/mol. The molecule has 6 nitrogen and oxygen atoms in total. The van der Waals surface area contributed by atoms with Crippen LogP contribution in [0.15, 0.2) is 24.8 Å². The van der Waals surface area contributed by atoms with Crippen molar-refractivity contribution in [3.05, 3.63) is 42.0 Å². The van der Waals surface area contributed by atoms with Crippen molar-refractivity contribution >= 4 is 11.6 Å². The SMILES string of the molecule is CN(C)c1cc(NC2CCN(Cc3c(F)cncc3F)CC2)ncn1. The van der Waals surface area contributed by atoms with Crippen LogP contribution in [0.5, 0.6) is 0 Å².